The number of amides is 2. The number of para-hydroxylation sites is 1. The van der Waals surface area contributed by atoms with Crippen LogP contribution in [0.25, 0.3) is 22.6 Å². The summed E-state index contributed by atoms with van der Waals surface area (Å²) < 4.78 is 5.42. The number of primary amides is 1. The molecule has 2 amide bonds. The van der Waals surface area contributed by atoms with Crippen LogP contribution >= 0.6 is 0 Å². The third-order valence-corrected chi connectivity index (χ3v) is 6.17. The number of rotatable bonds is 6. The van der Waals surface area contributed by atoms with Gasteiger partial charge in [0, 0.05) is 16.6 Å². The van der Waals surface area contributed by atoms with Gasteiger partial charge in [-0.1, -0.05) is 30.3 Å². The highest BCUT2D eigenvalue weighted by atomic mass is 16.5. The zero-order chi connectivity index (χ0) is 25.9. The van der Waals surface area contributed by atoms with E-state index in [4.69, 9.17) is 15.5 Å². The molecule has 0 spiro atoms. The number of hydrogen-bond donors (Lipinski definition) is 3. The number of esters is 1. The minimum absolute atomic E-state index is 0.190. The Kier molecular flexibility index (Phi) is 6.38. The van der Waals surface area contributed by atoms with Gasteiger partial charge in [0.05, 0.1) is 16.8 Å². The molecule has 3 aromatic carbocycles. The molecular formula is C29H23N3O5. The number of carbonyl (C=O) groups is 3. The summed E-state index contributed by atoms with van der Waals surface area (Å²) in [5.74, 6) is -1.48. The number of carbonyl (C=O) groups excluding carboxylic acids is 3. The van der Waals surface area contributed by atoms with E-state index in [1.807, 2.05) is 42.5 Å². The summed E-state index contributed by atoms with van der Waals surface area (Å²) in [4.78, 5) is 41.7. The lowest BCUT2D eigenvalue weighted by Crippen LogP contribution is -2.22. The number of hydrogen-bond acceptors (Lipinski definition) is 6. The van der Waals surface area contributed by atoms with Crippen molar-refractivity contribution in [2.24, 2.45) is 5.73 Å². The Labute approximate surface area is 212 Å². The van der Waals surface area contributed by atoms with Crippen molar-refractivity contribution >= 4 is 46.0 Å². The molecule has 0 unspecified atom stereocenters. The topological polar surface area (TPSA) is 132 Å². The lowest BCUT2D eigenvalue weighted by molar-refractivity contribution is -0.119. The van der Waals surface area contributed by atoms with Gasteiger partial charge in [0.25, 0.3) is 5.91 Å². The van der Waals surface area contributed by atoms with Crippen LogP contribution in [0.3, 0.4) is 0 Å². The summed E-state index contributed by atoms with van der Waals surface area (Å²) in [5, 5.41) is 12.9. The minimum atomic E-state index is -0.597. The number of ether oxygens (including phenoxy) is 1. The van der Waals surface area contributed by atoms with Gasteiger partial charge in [-0.05, 0) is 78.1 Å². The molecular weight excluding hydrogens is 470 g/mol. The lowest BCUT2D eigenvalue weighted by atomic mass is 10.0. The number of aromatic hydroxyl groups is 1. The maximum atomic E-state index is 13.3. The zero-order valence-electron chi connectivity index (χ0n) is 19.7. The van der Waals surface area contributed by atoms with Crippen LogP contribution in [0, 0.1) is 0 Å². The van der Waals surface area contributed by atoms with E-state index in [1.165, 1.54) is 12.1 Å². The molecule has 0 saturated carbocycles. The molecule has 37 heavy (non-hydrogen) atoms. The quantitative estimate of drug-likeness (QED) is 0.343. The lowest BCUT2D eigenvalue weighted by Gasteiger charge is -2.12. The van der Waals surface area contributed by atoms with E-state index in [2.05, 4.69) is 5.32 Å². The summed E-state index contributed by atoms with van der Waals surface area (Å²) in [6.07, 6.45) is 3.31. The molecule has 5 rings (SSSR count). The second kappa shape index (κ2) is 9.94. The summed E-state index contributed by atoms with van der Waals surface area (Å²) in [6, 6.07) is 20.3. The molecule has 1 aliphatic carbocycles. The Morgan fingerprint density at radius 1 is 0.973 bits per heavy atom. The van der Waals surface area contributed by atoms with Gasteiger partial charge in [0.15, 0.2) is 6.61 Å². The highest BCUT2D eigenvalue weighted by Gasteiger charge is 2.28. The summed E-state index contributed by atoms with van der Waals surface area (Å²) in [5.41, 5.74) is 10.5. The SMILES string of the molecule is NC(=O)c1ccc(NC(=O)COC(=O)c2c3c(nc4ccccc24)/C(=C/c2ccc(O)cc2)CC3)cc1. The first-order chi connectivity index (χ1) is 17.9. The highest BCUT2D eigenvalue weighted by molar-refractivity contribution is 6.08. The fourth-order valence-electron chi connectivity index (χ4n) is 4.40. The zero-order valence-corrected chi connectivity index (χ0v) is 19.7. The fraction of sp³-hybridized carbons (Fsp3) is 0.103. The predicted octanol–water partition coefficient (Wildman–Crippen LogP) is 4.32. The third-order valence-electron chi connectivity index (χ3n) is 6.17. The highest BCUT2D eigenvalue weighted by Crippen LogP contribution is 2.38. The number of fused-ring (bicyclic) bond motifs is 2. The number of nitrogens with one attached hydrogen (secondary N) is 1. The van der Waals surface area contributed by atoms with Crippen molar-refractivity contribution in [3.63, 3.8) is 0 Å². The standard InChI is InChI=1S/C29H23N3O5/c30-28(35)18-7-10-20(11-8-18)31-25(34)16-37-29(36)26-22-3-1-2-4-24(22)32-27-19(9-14-23(26)27)15-17-5-12-21(33)13-6-17/h1-8,10-13,15,33H,9,14,16H2,(H2,30,35)(H,31,34)/b19-15+. The number of nitrogens with zero attached hydrogens (tertiary/aromatic N) is 1. The van der Waals surface area contributed by atoms with Crippen LogP contribution in [0.5, 0.6) is 5.75 Å². The van der Waals surface area contributed by atoms with Crippen LogP contribution in [0.1, 0.15) is 44.0 Å². The van der Waals surface area contributed by atoms with Crippen molar-refractivity contribution < 1.29 is 24.2 Å². The normalized spacial score (nSPS) is 13.4. The molecule has 184 valence electrons. The van der Waals surface area contributed by atoms with Crippen LogP contribution in [0.2, 0.25) is 0 Å². The van der Waals surface area contributed by atoms with Crippen LogP contribution in [0.15, 0.2) is 72.8 Å². The van der Waals surface area contributed by atoms with E-state index in [9.17, 15) is 19.5 Å². The predicted molar refractivity (Wildman–Crippen MR) is 140 cm³/mol. The van der Waals surface area contributed by atoms with Gasteiger partial charge in [-0.25, -0.2) is 9.78 Å². The fourth-order valence-corrected chi connectivity index (χ4v) is 4.40. The van der Waals surface area contributed by atoms with E-state index in [1.54, 1.807) is 24.3 Å². The first kappa shape index (κ1) is 23.7. The molecule has 0 saturated heterocycles. The Hall–Kier alpha value is -4.98. The molecule has 8 heteroatoms. The number of anilines is 1. The molecule has 0 atom stereocenters. The van der Waals surface area contributed by atoms with Crippen LogP contribution in [-0.4, -0.2) is 34.5 Å². The van der Waals surface area contributed by atoms with E-state index in [0.717, 1.165) is 22.4 Å². The van der Waals surface area contributed by atoms with Crippen molar-refractivity contribution in [3.8, 4) is 5.75 Å². The molecule has 0 bridgehead atoms. The van der Waals surface area contributed by atoms with Gasteiger partial charge in [0.1, 0.15) is 5.75 Å². The average Bonchev–Trinajstić information content (AvgIpc) is 3.29. The molecule has 4 aromatic rings. The Balaban J connectivity index is 1.39. The monoisotopic (exact) mass is 493 g/mol. The summed E-state index contributed by atoms with van der Waals surface area (Å²) in [7, 11) is 0. The smallest absolute Gasteiger partial charge is 0.339 e. The summed E-state index contributed by atoms with van der Waals surface area (Å²) >= 11 is 0. The van der Waals surface area contributed by atoms with E-state index < -0.39 is 24.4 Å². The Bertz CT molecular complexity index is 1560. The van der Waals surface area contributed by atoms with Gasteiger partial charge in [-0.3, -0.25) is 9.59 Å². The van der Waals surface area contributed by atoms with Crippen molar-refractivity contribution in [2.75, 3.05) is 11.9 Å². The summed E-state index contributed by atoms with van der Waals surface area (Å²) in [6.45, 7) is -0.474. The molecule has 0 radical (unpaired) electrons. The van der Waals surface area contributed by atoms with Crippen molar-refractivity contribution in [2.45, 2.75) is 12.8 Å². The van der Waals surface area contributed by atoms with Gasteiger partial charge < -0.3 is 20.9 Å². The van der Waals surface area contributed by atoms with Gasteiger partial charge in [-0.2, -0.15) is 0 Å². The molecule has 8 nitrogen and oxygen atoms in total. The van der Waals surface area contributed by atoms with Gasteiger partial charge in [0.2, 0.25) is 5.91 Å². The number of benzene rings is 3. The molecule has 1 aromatic heterocycles. The van der Waals surface area contributed by atoms with Crippen molar-refractivity contribution in [3.05, 3.63) is 101 Å². The Morgan fingerprint density at radius 2 is 1.70 bits per heavy atom. The molecule has 4 N–H and O–H groups in total. The number of allylic oxidation sites excluding steroid dienone is 1. The molecule has 1 heterocycles. The third kappa shape index (κ3) is 5.04. The number of phenols is 1. The molecule has 0 aliphatic heterocycles. The van der Waals surface area contributed by atoms with E-state index in [-0.39, 0.29) is 5.75 Å². The first-order valence-corrected chi connectivity index (χ1v) is 11.7. The van der Waals surface area contributed by atoms with Crippen LogP contribution < -0.4 is 11.1 Å². The maximum absolute atomic E-state index is 13.3. The van der Waals surface area contributed by atoms with E-state index >= 15 is 0 Å². The van der Waals surface area contributed by atoms with Crippen molar-refractivity contribution in [1.29, 1.82) is 0 Å². The molecule has 0 fully saturated rings. The maximum Gasteiger partial charge on any atom is 0.339 e. The van der Waals surface area contributed by atoms with E-state index in [0.29, 0.717) is 40.6 Å². The number of aromatic nitrogens is 1. The average molecular weight is 494 g/mol. The molecule has 1 aliphatic rings. The number of pyridine rings is 1. The largest absolute Gasteiger partial charge is 0.508 e. The van der Waals surface area contributed by atoms with Gasteiger partial charge in [-0.15, -0.1) is 0 Å². The Morgan fingerprint density at radius 3 is 2.43 bits per heavy atom. The number of phenolic OH excluding ortho intramolecular Hbond substituents is 1. The second-order valence-electron chi connectivity index (χ2n) is 8.66. The van der Waals surface area contributed by atoms with Crippen LogP contribution in [0.4, 0.5) is 5.69 Å². The van der Waals surface area contributed by atoms with Gasteiger partial charge >= 0.3 is 5.97 Å². The number of nitrogens with two attached hydrogens (primary N) is 1. The van der Waals surface area contributed by atoms with Crippen LogP contribution in [-0.2, 0) is 16.0 Å². The minimum Gasteiger partial charge on any atom is -0.508 e. The first-order valence-electron chi connectivity index (χ1n) is 11.7. The second-order valence-corrected chi connectivity index (χ2v) is 8.66. The van der Waals surface area contributed by atoms with Crippen molar-refractivity contribution in [1.82, 2.24) is 4.98 Å².